The van der Waals surface area contributed by atoms with Crippen molar-refractivity contribution in [3.05, 3.63) is 0 Å². The minimum Gasteiger partial charge on any atom is -0.388 e. The Morgan fingerprint density at radius 3 is 2.16 bits per heavy atom. The van der Waals surface area contributed by atoms with E-state index in [-0.39, 0.29) is 6.61 Å². The summed E-state index contributed by atoms with van der Waals surface area (Å²) in [5.74, 6) is -2.55. The highest BCUT2D eigenvalue weighted by Gasteiger charge is 2.54. The Balaban J connectivity index is 2.01. The van der Waals surface area contributed by atoms with Crippen molar-refractivity contribution in [1.29, 1.82) is 0 Å². The van der Waals surface area contributed by atoms with E-state index in [2.05, 4.69) is 0 Å². The molecule has 0 aromatic carbocycles. The second-order valence-corrected chi connectivity index (χ2v) is 6.16. The van der Waals surface area contributed by atoms with Gasteiger partial charge in [-0.15, -0.1) is 0 Å². The molecule has 0 radical (unpaired) electrons. The average Bonchev–Trinajstić information content (AvgIpc) is 2.57. The summed E-state index contributed by atoms with van der Waals surface area (Å²) in [4.78, 5) is 0. The smallest absolute Gasteiger partial charge is 0.311 e. The molecule has 0 amide bonds. The van der Waals surface area contributed by atoms with Crippen molar-refractivity contribution >= 4 is 0 Å². The Kier molecular flexibility index (Phi) is 6.73. The van der Waals surface area contributed by atoms with Crippen LogP contribution in [0.2, 0.25) is 0 Å². The molecule has 0 aromatic heterocycles. The van der Waals surface area contributed by atoms with Crippen molar-refractivity contribution in [3.8, 4) is 0 Å². The summed E-state index contributed by atoms with van der Waals surface area (Å²) in [6.07, 6.45) is -13.2. The lowest BCUT2D eigenvalue weighted by molar-refractivity contribution is -0.450. The fourth-order valence-electron chi connectivity index (χ4n) is 2.78. The minimum absolute atomic E-state index is 0.0456. The van der Waals surface area contributed by atoms with Crippen LogP contribution < -0.4 is 0 Å². The predicted octanol–water partition coefficient (Wildman–Crippen LogP) is -4.01. The van der Waals surface area contributed by atoms with Crippen LogP contribution in [0.3, 0.4) is 0 Å². The SMILES string of the molecule is CCO[C@@]1(O)O[C@H](CO[C@@H]2O[C@@H](C)[C@H](O)[C@@H](O)[C@H]2O)[C@@H](O)[C@H](O)[C@H]1O. The molecule has 0 spiro atoms. The Hall–Kier alpha value is -0.440. The number of hydrogen-bond acceptors (Lipinski definition) is 11. The lowest BCUT2D eigenvalue weighted by Crippen LogP contribution is -2.66. The van der Waals surface area contributed by atoms with Gasteiger partial charge in [0.05, 0.1) is 12.7 Å². The predicted molar refractivity (Wildman–Crippen MR) is 77.8 cm³/mol. The standard InChI is InChI=1S/C14H26O11/c1-3-23-14(21)12(20)10(18)8(16)6(25-14)4-22-13-11(19)9(17)7(15)5(2)24-13/h5-13,15-21H,3-4H2,1-2H3/t5-,6+,7-,8+,9+,10-,11+,12+,13+,14+/m0/s1. The monoisotopic (exact) mass is 370 g/mol. The number of aliphatic hydroxyl groups is 7. The van der Waals surface area contributed by atoms with Gasteiger partial charge in [-0.3, -0.25) is 0 Å². The van der Waals surface area contributed by atoms with E-state index >= 15 is 0 Å². The molecule has 0 aromatic rings. The molecular weight excluding hydrogens is 344 g/mol. The molecule has 10 atom stereocenters. The normalized spacial score (nSPS) is 51.5. The largest absolute Gasteiger partial charge is 0.388 e. The number of rotatable bonds is 5. The first-order valence-electron chi connectivity index (χ1n) is 8.02. The second-order valence-electron chi connectivity index (χ2n) is 6.16. The lowest BCUT2D eigenvalue weighted by atomic mass is 9.97. The third-order valence-corrected chi connectivity index (χ3v) is 4.33. The van der Waals surface area contributed by atoms with E-state index in [1.807, 2.05) is 0 Å². The van der Waals surface area contributed by atoms with Gasteiger partial charge >= 0.3 is 5.97 Å². The summed E-state index contributed by atoms with van der Waals surface area (Å²) in [5.41, 5.74) is 0. The highest BCUT2D eigenvalue weighted by Crippen LogP contribution is 2.30. The topological polar surface area (TPSA) is 179 Å². The van der Waals surface area contributed by atoms with Crippen molar-refractivity contribution in [2.75, 3.05) is 13.2 Å². The zero-order valence-electron chi connectivity index (χ0n) is 13.9. The van der Waals surface area contributed by atoms with Gasteiger partial charge in [0.2, 0.25) is 0 Å². The van der Waals surface area contributed by atoms with Crippen molar-refractivity contribution in [1.82, 2.24) is 0 Å². The summed E-state index contributed by atoms with van der Waals surface area (Å²) in [6, 6.07) is 0. The van der Waals surface area contributed by atoms with Crippen LogP contribution in [0.15, 0.2) is 0 Å². The molecule has 2 fully saturated rings. The van der Waals surface area contributed by atoms with E-state index in [1.165, 1.54) is 13.8 Å². The summed E-state index contributed by atoms with van der Waals surface area (Å²) >= 11 is 0. The van der Waals surface area contributed by atoms with Gasteiger partial charge in [0, 0.05) is 6.61 Å². The van der Waals surface area contributed by atoms with Crippen LogP contribution >= 0.6 is 0 Å². The van der Waals surface area contributed by atoms with Gasteiger partial charge in [0.1, 0.15) is 36.6 Å². The third-order valence-electron chi connectivity index (χ3n) is 4.33. The summed E-state index contributed by atoms with van der Waals surface area (Å²) in [5, 5.41) is 69.0. The van der Waals surface area contributed by atoms with Gasteiger partial charge in [-0.1, -0.05) is 0 Å². The summed E-state index contributed by atoms with van der Waals surface area (Å²) in [6.45, 7) is 2.47. The maximum atomic E-state index is 10.1. The zero-order valence-corrected chi connectivity index (χ0v) is 13.9. The highest BCUT2D eigenvalue weighted by molar-refractivity contribution is 4.93. The van der Waals surface area contributed by atoms with Gasteiger partial charge in [-0.25, -0.2) is 0 Å². The van der Waals surface area contributed by atoms with E-state index in [0.717, 1.165) is 0 Å². The van der Waals surface area contributed by atoms with Crippen molar-refractivity contribution < 1.29 is 54.7 Å². The van der Waals surface area contributed by atoms with Crippen LogP contribution in [-0.2, 0) is 18.9 Å². The van der Waals surface area contributed by atoms with E-state index in [1.54, 1.807) is 0 Å². The number of ether oxygens (including phenoxy) is 4. The van der Waals surface area contributed by atoms with Gasteiger partial charge in [0.25, 0.3) is 0 Å². The molecule has 0 bridgehead atoms. The minimum atomic E-state index is -2.55. The Labute approximate surface area is 143 Å². The Morgan fingerprint density at radius 2 is 1.56 bits per heavy atom. The van der Waals surface area contributed by atoms with E-state index in [4.69, 9.17) is 18.9 Å². The quantitative estimate of drug-likeness (QED) is 0.234. The van der Waals surface area contributed by atoms with E-state index in [0.29, 0.717) is 0 Å². The second kappa shape index (κ2) is 8.06. The van der Waals surface area contributed by atoms with Gasteiger partial charge in [0.15, 0.2) is 12.4 Å². The molecule has 11 nitrogen and oxygen atoms in total. The lowest BCUT2D eigenvalue weighted by Gasteiger charge is -2.45. The molecule has 7 N–H and O–H groups in total. The van der Waals surface area contributed by atoms with Gasteiger partial charge in [-0.2, -0.15) is 0 Å². The fourth-order valence-corrected chi connectivity index (χ4v) is 2.78. The molecule has 2 saturated heterocycles. The fraction of sp³-hybridized carbons (Fsp3) is 1.00. The molecule has 25 heavy (non-hydrogen) atoms. The van der Waals surface area contributed by atoms with E-state index in [9.17, 15) is 35.7 Å². The van der Waals surface area contributed by atoms with Crippen molar-refractivity contribution in [2.24, 2.45) is 0 Å². The Morgan fingerprint density at radius 1 is 0.920 bits per heavy atom. The average molecular weight is 370 g/mol. The molecule has 2 aliphatic heterocycles. The van der Waals surface area contributed by atoms with Gasteiger partial charge in [-0.05, 0) is 13.8 Å². The third kappa shape index (κ3) is 4.12. The first kappa shape index (κ1) is 20.9. The molecule has 148 valence electrons. The number of hydrogen-bond donors (Lipinski definition) is 7. The molecular formula is C14H26O11. The first-order chi connectivity index (χ1) is 11.6. The van der Waals surface area contributed by atoms with Crippen LogP contribution in [0.25, 0.3) is 0 Å². The summed E-state index contributed by atoms with van der Waals surface area (Å²) in [7, 11) is 0. The van der Waals surface area contributed by atoms with Crippen LogP contribution in [0, 0.1) is 0 Å². The molecule has 0 unspecified atom stereocenters. The zero-order chi connectivity index (χ0) is 18.9. The highest BCUT2D eigenvalue weighted by atomic mass is 16.8. The molecule has 2 aliphatic rings. The molecule has 11 heteroatoms. The van der Waals surface area contributed by atoms with Crippen molar-refractivity contribution in [3.63, 3.8) is 0 Å². The molecule has 2 heterocycles. The van der Waals surface area contributed by atoms with Crippen LogP contribution in [0.4, 0.5) is 0 Å². The summed E-state index contributed by atoms with van der Waals surface area (Å²) < 4.78 is 20.5. The molecule has 2 rings (SSSR count). The van der Waals surface area contributed by atoms with Gasteiger partial charge < -0.3 is 54.7 Å². The maximum Gasteiger partial charge on any atom is 0.311 e. The van der Waals surface area contributed by atoms with Crippen LogP contribution in [-0.4, -0.2) is 110 Å². The molecule has 0 aliphatic carbocycles. The van der Waals surface area contributed by atoms with Crippen LogP contribution in [0.1, 0.15) is 13.8 Å². The first-order valence-corrected chi connectivity index (χ1v) is 8.02. The molecule has 0 saturated carbocycles. The van der Waals surface area contributed by atoms with Crippen molar-refractivity contribution in [2.45, 2.75) is 74.9 Å². The van der Waals surface area contributed by atoms with E-state index < -0.39 is 67.7 Å². The number of aliphatic hydroxyl groups excluding tert-OH is 6. The van der Waals surface area contributed by atoms with Crippen LogP contribution in [0.5, 0.6) is 0 Å². The Bertz CT molecular complexity index is 437. The maximum absolute atomic E-state index is 10.1.